The van der Waals surface area contributed by atoms with E-state index in [1.165, 1.54) is 0 Å². The van der Waals surface area contributed by atoms with Crippen LogP contribution in [0.2, 0.25) is 0 Å². The summed E-state index contributed by atoms with van der Waals surface area (Å²) >= 11 is 0. The van der Waals surface area contributed by atoms with Crippen molar-refractivity contribution in [3.05, 3.63) is 91.1 Å². The predicted octanol–water partition coefficient (Wildman–Crippen LogP) is 2.08. The highest BCUT2D eigenvalue weighted by Crippen LogP contribution is 2.31. The molecule has 27 heavy (non-hydrogen) atoms. The average Bonchev–Trinajstić information content (AvgIpc) is 2.64. The second-order valence-electron chi connectivity index (χ2n) is 6.94. The zero-order valence-corrected chi connectivity index (χ0v) is 15.2. The van der Waals surface area contributed by atoms with Crippen molar-refractivity contribution in [1.29, 1.82) is 0 Å². The Morgan fingerprint density at radius 3 is 2.63 bits per heavy atom. The molecule has 0 spiro atoms. The van der Waals surface area contributed by atoms with E-state index in [0.717, 1.165) is 33.2 Å². The van der Waals surface area contributed by atoms with Gasteiger partial charge in [0.05, 0.1) is 17.3 Å². The number of benzene rings is 2. The molecular weight excluding hydrogens is 342 g/mol. The van der Waals surface area contributed by atoms with Gasteiger partial charge in [0.1, 0.15) is 0 Å². The van der Waals surface area contributed by atoms with Gasteiger partial charge in [-0.1, -0.05) is 30.3 Å². The molecule has 0 saturated carbocycles. The van der Waals surface area contributed by atoms with Crippen LogP contribution in [0.1, 0.15) is 33.9 Å². The maximum Gasteiger partial charge on any atom is 0.335 e. The van der Waals surface area contributed by atoms with Gasteiger partial charge in [-0.05, 0) is 54.7 Å². The molecule has 0 unspecified atom stereocenters. The number of aromatic hydroxyl groups is 1. The van der Waals surface area contributed by atoms with Crippen LogP contribution in [0.15, 0.2) is 52.1 Å². The van der Waals surface area contributed by atoms with E-state index in [9.17, 15) is 14.7 Å². The van der Waals surface area contributed by atoms with Crippen molar-refractivity contribution in [2.24, 2.45) is 0 Å². The summed E-state index contributed by atoms with van der Waals surface area (Å²) in [5.41, 5.74) is 3.58. The number of nitrogens with one attached hydrogen (secondary N) is 2. The molecule has 0 amide bonds. The summed E-state index contributed by atoms with van der Waals surface area (Å²) in [6.07, 6.45) is 0.849. The normalized spacial score (nSPS) is 16.1. The summed E-state index contributed by atoms with van der Waals surface area (Å²) in [7, 11) is 0. The molecule has 0 saturated heterocycles. The van der Waals surface area contributed by atoms with Gasteiger partial charge in [0.25, 0.3) is 5.56 Å². The van der Waals surface area contributed by atoms with Crippen molar-refractivity contribution in [1.82, 2.24) is 14.9 Å². The van der Waals surface area contributed by atoms with Crippen LogP contribution in [0.3, 0.4) is 0 Å². The smallest absolute Gasteiger partial charge is 0.335 e. The Morgan fingerprint density at radius 2 is 1.85 bits per heavy atom. The number of H-pyrrole nitrogens is 1. The number of hydrogen-bond donors (Lipinski definition) is 3. The van der Waals surface area contributed by atoms with Crippen LogP contribution >= 0.6 is 0 Å². The lowest BCUT2D eigenvalue weighted by molar-refractivity contribution is 0.410. The SMILES string of the molecule is Cc1ccc(-n2c(O)c([C@H]3NCCc4ccccc43)c(=O)[nH]c2=O)cc1C. The third-order valence-electron chi connectivity index (χ3n) is 5.27. The lowest BCUT2D eigenvalue weighted by Gasteiger charge is -2.27. The lowest BCUT2D eigenvalue weighted by Crippen LogP contribution is -2.38. The van der Waals surface area contributed by atoms with Gasteiger partial charge in [0.2, 0.25) is 5.88 Å². The third-order valence-corrected chi connectivity index (χ3v) is 5.27. The molecular formula is C21H21N3O3. The van der Waals surface area contributed by atoms with Gasteiger partial charge in [-0.3, -0.25) is 9.78 Å². The van der Waals surface area contributed by atoms with Crippen molar-refractivity contribution in [3.8, 4) is 11.6 Å². The number of nitrogens with zero attached hydrogens (tertiary/aromatic N) is 1. The summed E-state index contributed by atoms with van der Waals surface area (Å²) in [6.45, 7) is 4.60. The second-order valence-corrected chi connectivity index (χ2v) is 6.94. The first-order valence-electron chi connectivity index (χ1n) is 8.94. The van der Waals surface area contributed by atoms with Crippen molar-refractivity contribution in [3.63, 3.8) is 0 Å². The first-order valence-corrected chi connectivity index (χ1v) is 8.94. The van der Waals surface area contributed by atoms with Crippen molar-refractivity contribution in [2.75, 3.05) is 6.54 Å². The van der Waals surface area contributed by atoms with E-state index in [0.29, 0.717) is 12.2 Å². The summed E-state index contributed by atoms with van der Waals surface area (Å²) in [5, 5.41) is 14.2. The quantitative estimate of drug-likeness (QED) is 0.651. The fourth-order valence-electron chi connectivity index (χ4n) is 3.67. The second kappa shape index (κ2) is 6.55. The molecule has 3 aromatic rings. The van der Waals surface area contributed by atoms with Crippen molar-refractivity contribution < 1.29 is 5.11 Å². The Balaban J connectivity index is 1.95. The number of aromatic amines is 1. The Hall–Kier alpha value is -3.12. The number of aryl methyl sites for hydroxylation is 2. The van der Waals surface area contributed by atoms with E-state index in [2.05, 4.69) is 10.3 Å². The molecule has 1 atom stereocenters. The zero-order valence-electron chi connectivity index (χ0n) is 15.2. The highest BCUT2D eigenvalue weighted by molar-refractivity contribution is 5.47. The maximum absolute atomic E-state index is 12.6. The number of fused-ring (bicyclic) bond motifs is 1. The van der Waals surface area contributed by atoms with Gasteiger partial charge in [0.15, 0.2) is 0 Å². The van der Waals surface area contributed by atoms with Gasteiger partial charge < -0.3 is 10.4 Å². The summed E-state index contributed by atoms with van der Waals surface area (Å²) in [4.78, 5) is 27.4. The molecule has 0 fully saturated rings. The van der Waals surface area contributed by atoms with Crippen molar-refractivity contribution >= 4 is 0 Å². The van der Waals surface area contributed by atoms with Crippen LogP contribution in [-0.4, -0.2) is 21.2 Å². The Morgan fingerprint density at radius 1 is 1.07 bits per heavy atom. The van der Waals surface area contributed by atoms with Crippen LogP contribution in [0, 0.1) is 13.8 Å². The van der Waals surface area contributed by atoms with Crippen LogP contribution in [0.25, 0.3) is 5.69 Å². The Kier molecular flexibility index (Phi) is 4.20. The van der Waals surface area contributed by atoms with E-state index in [4.69, 9.17) is 0 Å². The van der Waals surface area contributed by atoms with Crippen LogP contribution in [-0.2, 0) is 6.42 Å². The fraction of sp³-hybridized carbons (Fsp3) is 0.238. The molecule has 0 radical (unpaired) electrons. The molecule has 2 aromatic carbocycles. The zero-order chi connectivity index (χ0) is 19.1. The van der Waals surface area contributed by atoms with Crippen LogP contribution < -0.4 is 16.6 Å². The molecule has 4 rings (SSSR count). The molecule has 138 valence electrons. The Bertz CT molecular complexity index is 1140. The fourth-order valence-corrected chi connectivity index (χ4v) is 3.67. The average molecular weight is 363 g/mol. The van der Waals surface area contributed by atoms with Crippen molar-refractivity contribution in [2.45, 2.75) is 26.3 Å². The molecule has 6 heteroatoms. The topological polar surface area (TPSA) is 87.1 Å². The van der Waals surface area contributed by atoms with Gasteiger partial charge in [-0.15, -0.1) is 0 Å². The highest BCUT2D eigenvalue weighted by atomic mass is 16.3. The largest absolute Gasteiger partial charge is 0.494 e. The molecule has 2 heterocycles. The molecule has 0 bridgehead atoms. The monoisotopic (exact) mass is 363 g/mol. The third kappa shape index (κ3) is 2.88. The molecule has 0 aliphatic carbocycles. The standard InChI is InChI=1S/C21H21N3O3/c1-12-7-8-15(11-13(12)2)24-20(26)17(19(25)23-21(24)27)18-16-6-4-3-5-14(16)9-10-22-18/h3-8,11,18,22,26H,9-10H2,1-2H3,(H,23,25,27)/t18-/m0/s1. The van der Waals surface area contributed by atoms with Gasteiger partial charge in [-0.25, -0.2) is 9.36 Å². The molecule has 1 aliphatic rings. The maximum atomic E-state index is 12.6. The van der Waals surface area contributed by atoms with Crippen LogP contribution in [0.4, 0.5) is 0 Å². The summed E-state index contributed by atoms with van der Waals surface area (Å²) in [5.74, 6) is -0.332. The highest BCUT2D eigenvalue weighted by Gasteiger charge is 2.28. The lowest BCUT2D eigenvalue weighted by atomic mass is 9.90. The van der Waals surface area contributed by atoms with Gasteiger partial charge in [-0.2, -0.15) is 0 Å². The minimum atomic E-state index is -0.659. The first kappa shape index (κ1) is 17.3. The van der Waals surface area contributed by atoms with E-state index >= 15 is 0 Å². The van der Waals surface area contributed by atoms with E-state index in [1.807, 2.05) is 50.2 Å². The molecule has 1 aliphatic heterocycles. The first-order chi connectivity index (χ1) is 13.0. The predicted molar refractivity (Wildman–Crippen MR) is 104 cm³/mol. The van der Waals surface area contributed by atoms with Gasteiger partial charge in [0, 0.05) is 6.54 Å². The van der Waals surface area contributed by atoms with Gasteiger partial charge >= 0.3 is 5.69 Å². The number of rotatable bonds is 2. The minimum absolute atomic E-state index is 0.153. The number of hydrogen-bond acceptors (Lipinski definition) is 4. The van der Waals surface area contributed by atoms with E-state index in [-0.39, 0.29) is 11.4 Å². The minimum Gasteiger partial charge on any atom is -0.494 e. The molecule has 3 N–H and O–H groups in total. The van der Waals surface area contributed by atoms with E-state index in [1.54, 1.807) is 6.07 Å². The Labute approximate surface area is 156 Å². The molecule has 1 aromatic heterocycles. The van der Waals surface area contributed by atoms with E-state index < -0.39 is 17.3 Å². The summed E-state index contributed by atoms with van der Waals surface area (Å²) < 4.78 is 1.15. The summed E-state index contributed by atoms with van der Waals surface area (Å²) in [6, 6.07) is 12.8. The molecule has 6 nitrogen and oxygen atoms in total. The number of aromatic nitrogens is 2. The van der Waals surface area contributed by atoms with Crippen LogP contribution in [0.5, 0.6) is 5.88 Å².